The van der Waals surface area contributed by atoms with Gasteiger partial charge >= 0.3 is 5.97 Å². The number of carbonyl (C=O) groups is 2. The first-order chi connectivity index (χ1) is 12.6. The molecule has 1 saturated heterocycles. The lowest BCUT2D eigenvalue weighted by atomic mass is 9.96. The van der Waals surface area contributed by atoms with Crippen LogP contribution in [-0.2, 0) is 14.3 Å². The first-order valence-corrected chi connectivity index (χ1v) is 9.14. The number of benzene rings is 2. The van der Waals surface area contributed by atoms with E-state index in [0.29, 0.717) is 38.1 Å². The van der Waals surface area contributed by atoms with Gasteiger partial charge in [0.1, 0.15) is 5.75 Å². The van der Waals surface area contributed by atoms with E-state index in [4.69, 9.17) is 9.47 Å². The Bertz CT molecular complexity index is 780. The van der Waals surface area contributed by atoms with Gasteiger partial charge in [-0.05, 0) is 42.2 Å². The van der Waals surface area contributed by atoms with E-state index >= 15 is 0 Å². The van der Waals surface area contributed by atoms with Gasteiger partial charge in [-0.25, -0.2) is 0 Å². The Balaban J connectivity index is 1.64. The third-order valence-corrected chi connectivity index (χ3v) is 4.99. The third kappa shape index (κ3) is 3.98. The summed E-state index contributed by atoms with van der Waals surface area (Å²) in [6, 6.07) is 13.9. The zero-order valence-corrected chi connectivity index (χ0v) is 15.3. The van der Waals surface area contributed by atoms with Gasteiger partial charge in [-0.1, -0.05) is 37.3 Å². The fourth-order valence-corrected chi connectivity index (χ4v) is 3.42. The number of piperidine rings is 1. The van der Waals surface area contributed by atoms with Gasteiger partial charge in [-0.3, -0.25) is 9.59 Å². The van der Waals surface area contributed by atoms with Crippen LogP contribution in [0.1, 0.15) is 26.2 Å². The Hall–Kier alpha value is -2.56. The van der Waals surface area contributed by atoms with E-state index in [9.17, 15) is 9.59 Å². The second kappa shape index (κ2) is 8.21. The Labute approximate surface area is 153 Å². The molecular formula is C21H25NO4. The maximum Gasteiger partial charge on any atom is 0.308 e. The van der Waals surface area contributed by atoms with Gasteiger partial charge in [0, 0.05) is 13.1 Å². The molecule has 0 radical (unpaired) electrons. The number of hydrogen-bond donors (Lipinski definition) is 0. The van der Waals surface area contributed by atoms with Crippen molar-refractivity contribution in [2.45, 2.75) is 32.3 Å². The Morgan fingerprint density at radius 1 is 1.12 bits per heavy atom. The van der Waals surface area contributed by atoms with Crippen molar-refractivity contribution in [3.05, 3.63) is 42.5 Å². The summed E-state index contributed by atoms with van der Waals surface area (Å²) in [6.07, 6.45) is 1.38. The lowest BCUT2D eigenvalue weighted by Crippen LogP contribution is -2.46. The smallest absolute Gasteiger partial charge is 0.308 e. The van der Waals surface area contributed by atoms with Gasteiger partial charge < -0.3 is 14.4 Å². The number of carbonyl (C=O) groups excluding carboxylic acids is 2. The second-order valence-corrected chi connectivity index (χ2v) is 6.65. The van der Waals surface area contributed by atoms with Gasteiger partial charge in [0.25, 0.3) is 5.91 Å². The summed E-state index contributed by atoms with van der Waals surface area (Å²) in [7, 11) is 1.41. The Morgan fingerprint density at radius 3 is 2.46 bits per heavy atom. The monoisotopic (exact) mass is 355 g/mol. The van der Waals surface area contributed by atoms with Crippen molar-refractivity contribution in [3.8, 4) is 5.75 Å². The summed E-state index contributed by atoms with van der Waals surface area (Å²) < 4.78 is 10.8. The van der Waals surface area contributed by atoms with Gasteiger partial charge in [-0.15, -0.1) is 0 Å². The number of methoxy groups -OCH3 is 1. The molecule has 1 unspecified atom stereocenters. The quantitative estimate of drug-likeness (QED) is 0.771. The maximum atomic E-state index is 12.8. The van der Waals surface area contributed by atoms with E-state index < -0.39 is 6.10 Å². The summed E-state index contributed by atoms with van der Waals surface area (Å²) in [4.78, 5) is 26.3. The summed E-state index contributed by atoms with van der Waals surface area (Å²) in [5.74, 6) is 0.402. The van der Waals surface area contributed by atoms with Gasteiger partial charge in [0.15, 0.2) is 6.10 Å². The zero-order valence-electron chi connectivity index (χ0n) is 15.3. The fraction of sp³-hybridized carbons (Fsp3) is 0.429. The molecule has 2 aromatic rings. The van der Waals surface area contributed by atoms with Crippen molar-refractivity contribution in [1.29, 1.82) is 0 Å². The molecule has 5 heteroatoms. The van der Waals surface area contributed by atoms with E-state index in [-0.39, 0.29) is 17.8 Å². The molecule has 26 heavy (non-hydrogen) atoms. The largest absolute Gasteiger partial charge is 0.481 e. The van der Waals surface area contributed by atoms with Gasteiger partial charge in [0.2, 0.25) is 0 Å². The molecule has 0 aliphatic carbocycles. The van der Waals surface area contributed by atoms with E-state index in [0.717, 1.165) is 10.8 Å². The molecule has 1 aliphatic heterocycles. The number of likely N-dealkylation sites (tertiary alicyclic amines) is 1. The lowest BCUT2D eigenvalue weighted by molar-refractivity contribution is -0.150. The highest BCUT2D eigenvalue weighted by Crippen LogP contribution is 2.24. The Kier molecular flexibility index (Phi) is 5.76. The van der Waals surface area contributed by atoms with E-state index in [2.05, 4.69) is 0 Å². The molecule has 0 bridgehead atoms. The number of fused-ring (bicyclic) bond motifs is 1. The van der Waals surface area contributed by atoms with E-state index in [1.165, 1.54) is 7.11 Å². The summed E-state index contributed by atoms with van der Waals surface area (Å²) in [6.45, 7) is 3.08. The van der Waals surface area contributed by atoms with Crippen molar-refractivity contribution in [2.75, 3.05) is 20.2 Å². The third-order valence-electron chi connectivity index (χ3n) is 4.99. The minimum atomic E-state index is -0.508. The first-order valence-electron chi connectivity index (χ1n) is 9.14. The zero-order chi connectivity index (χ0) is 18.5. The van der Waals surface area contributed by atoms with E-state index in [1.54, 1.807) is 4.90 Å². The van der Waals surface area contributed by atoms with Crippen LogP contribution in [0.25, 0.3) is 10.8 Å². The Morgan fingerprint density at radius 2 is 1.81 bits per heavy atom. The minimum Gasteiger partial charge on any atom is -0.481 e. The average molecular weight is 355 g/mol. The maximum absolute atomic E-state index is 12.8. The van der Waals surface area contributed by atoms with Crippen LogP contribution in [0.2, 0.25) is 0 Å². The predicted octanol–water partition coefficient (Wildman–Crippen LogP) is 3.41. The highest BCUT2D eigenvalue weighted by molar-refractivity contribution is 5.84. The molecule has 1 amide bonds. The summed E-state index contributed by atoms with van der Waals surface area (Å²) in [5, 5.41) is 2.23. The molecule has 5 nitrogen and oxygen atoms in total. The van der Waals surface area contributed by atoms with Crippen molar-refractivity contribution in [3.63, 3.8) is 0 Å². The lowest BCUT2D eigenvalue weighted by Gasteiger charge is -2.33. The molecule has 138 valence electrons. The SMILES string of the molecule is CCC(Oc1ccc2ccccc2c1)C(=O)N1CCC(C(=O)OC)CC1. The molecule has 2 aromatic carbocycles. The van der Waals surface area contributed by atoms with Crippen LogP contribution in [-0.4, -0.2) is 43.1 Å². The van der Waals surface area contributed by atoms with Crippen LogP contribution in [0.5, 0.6) is 5.75 Å². The number of amides is 1. The number of ether oxygens (including phenoxy) is 2. The van der Waals surface area contributed by atoms with Crippen LogP contribution in [0.3, 0.4) is 0 Å². The highest BCUT2D eigenvalue weighted by Gasteiger charge is 2.31. The number of esters is 1. The van der Waals surface area contributed by atoms with Crippen LogP contribution in [0, 0.1) is 5.92 Å². The van der Waals surface area contributed by atoms with Crippen LogP contribution >= 0.6 is 0 Å². The number of hydrogen-bond acceptors (Lipinski definition) is 4. The average Bonchev–Trinajstić information content (AvgIpc) is 2.71. The summed E-state index contributed by atoms with van der Waals surface area (Å²) >= 11 is 0. The van der Waals surface area contributed by atoms with Crippen LogP contribution in [0.4, 0.5) is 0 Å². The van der Waals surface area contributed by atoms with Crippen molar-refractivity contribution in [2.24, 2.45) is 5.92 Å². The number of rotatable bonds is 5. The van der Waals surface area contributed by atoms with E-state index in [1.807, 2.05) is 49.4 Å². The molecule has 0 aromatic heterocycles. The van der Waals surface area contributed by atoms with Crippen molar-refractivity contribution < 1.29 is 19.1 Å². The van der Waals surface area contributed by atoms with Crippen LogP contribution < -0.4 is 4.74 Å². The first kappa shape index (κ1) is 18.2. The molecular weight excluding hydrogens is 330 g/mol. The molecule has 1 atom stereocenters. The second-order valence-electron chi connectivity index (χ2n) is 6.65. The molecule has 1 fully saturated rings. The molecule has 1 aliphatic rings. The number of nitrogens with zero attached hydrogens (tertiary/aromatic N) is 1. The standard InChI is InChI=1S/C21H25NO4/c1-3-19(20(23)22-12-10-16(11-13-22)21(24)25-2)26-18-9-8-15-6-4-5-7-17(15)14-18/h4-9,14,16,19H,3,10-13H2,1-2H3. The van der Waals surface area contributed by atoms with Crippen LogP contribution in [0.15, 0.2) is 42.5 Å². The summed E-state index contributed by atoms with van der Waals surface area (Å²) in [5.41, 5.74) is 0. The predicted molar refractivity (Wildman–Crippen MR) is 100.0 cm³/mol. The topological polar surface area (TPSA) is 55.8 Å². The van der Waals surface area contributed by atoms with Crippen molar-refractivity contribution >= 4 is 22.6 Å². The highest BCUT2D eigenvalue weighted by atomic mass is 16.5. The normalized spacial score (nSPS) is 16.3. The molecule has 3 rings (SSSR count). The molecule has 0 spiro atoms. The van der Waals surface area contributed by atoms with Gasteiger partial charge in [-0.2, -0.15) is 0 Å². The molecule has 1 heterocycles. The molecule has 0 N–H and O–H groups in total. The van der Waals surface area contributed by atoms with Crippen molar-refractivity contribution in [1.82, 2.24) is 4.90 Å². The van der Waals surface area contributed by atoms with Gasteiger partial charge in [0.05, 0.1) is 13.0 Å². The molecule has 0 saturated carbocycles. The fourth-order valence-electron chi connectivity index (χ4n) is 3.42. The minimum absolute atomic E-state index is 0.0102.